The second kappa shape index (κ2) is 11.4. The summed E-state index contributed by atoms with van der Waals surface area (Å²) in [5.74, 6) is 0.0892. The minimum atomic E-state index is -0.434. The first kappa shape index (κ1) is 24.1. The van der Waals surface area contributed by atoms with E-state index >= 15 is 0 Å². The van der Waals surface area contributed by atoms with Crippen LogP contribution in [0, 0.1) is 6.92 Å². The first-order valence-electron chi connectivity index (χ1n) is 9.82. The molecule has 2 N–H and O–H groups in total. The van der Waals surface area contributed by atoms with Gasteiger partial charge in [0.05, 0.1) is 23.4 Å². The molecule has 0 saturated carbocycles. The van der Waals surface area contributed by atoms with Crippen LogP contribution in [0.2, 0.25) is 10.0 Å². The first-order valence-corrected chi connectivity index (χ1v) is 10.6. The van der Waals surface area contributed by atoms with E-state index < -0.39 is 5.91 Å². The van der Waals surface area contributed by atoms with Crippen molar-refractivity contribution in [1.29, 1.82) is 0 Å². The monoisotopic (exact) mass is 485 g/mol. The molecule has 0 aromatic heterocycles. The van der Waals surface area contributed by atoms with Crippen LogP contribution in [0.4, 0.5) is 5.69 Å². The van der Waals surface area contributed by atoms with E-state index in [2.05, 4.69) is 15.8 Å². The minimum absolute atomic E-state index is 0.183. The van der Waals surface area contributed by atoms with E-state index in [0.717, 1.165) is 11.3 Å². The Hall–Kier alpha value is -3.55. The highest BCUT2D eigenvalue weighted by Gasteiger charge is 2.10. The zero-order valence-electron chi connectivity index (χ0n) is 17.9. The van der Waals surface area contributed by atoms with E-state index in [0.29, 0.717) is 27.6 Å². The molecule has 0 spiro atoms. The lowest BCUT2D eigenvalue weighted by atomic mass is 10.2. The van der Waals surface area contributed by atoms with E-state index in [4.69, 9.17) is 32.7 Å². The molecule has 0 aliphatic rings. The number of amides is 2. The van der Waals surface area contributed by atoms with Crippen LogP contribution in [0.1, 0.15) is 21.5 Å². The second-order valence-electron chi connectivity index (χ2n) is 6.89. The Labute approximate surface area is 201 Å². The van der Waals surface area contributed by atoms with Crippen molar-refractivity contribution in [2.24, 2.45) is 5.10 Å². The number of para-hydroxylation sites is 1. The van der Waals surface area contributed by atoms with Crippen LogP contribution >= 0.6 is 23.2 Å². The number of rotatable bonds is 8. The summed E-state index contributed by atoms with van der Waals surface area (Å²) in [7, 11) is 1.49. The summed E-state index contributed by atoms with van der Waals surface area (Å²) >= 11 is 11.8. The van der Waals surface area contributed by atoms with Gasteiger partial charge in [-0.3, -0.25) is 9.59 Å². The lowest BCUT2D eigenvalue weighted by Crippen LogP contribution is -2.20. The predicted octanol–water partition coefficient (Wildman–Crippen LogP) is 5.09. The first-order chi connectivity index (χ1) is 15.9. The van der Waals surface area contributed by atoms with Crippen LogP contribution in [0.15, 0.2) is 65.8 Å². The van der Waals surface area contributed by atoms with Gasteiger partial charge in [0.1, 0.15) is 0 Å². The van der Waals surface area contributed by atoms with Crippen molar-refractivity contribution in [1.82, 2.24) is 5.43 Å². The number of carbonyl (C=O) groups excluding carboxylic acids is 2. The SMILES string of the molecule is COc1cc(/C=N\NC(=O)c2ccc(Cl)c(Cl)c2)ccc1OCC(=O)Nc1ccccc1C. The highest BCUT2D eigenvalue weighted by atomic mass is 35.5. The number of hydrogen-bond donors (Lipinski definition) is 2. The lowest BCUT2D eigenvalue weighted by molar-refractivity contribution is -0.118. The van der Waals surface area contributed by atoms with Crippen LogP contribution in [0.3, 0.4) is 0 Å². The van der Waals surface area contributed by atoms with Gasteiger partial charge in [0.2, 0.25) is 0 Å². The summed E-state index contributed by atoms with van der Waals surface area (Å²) in [6, 6.07) is 17.1. The molecule has 0 aliphatic carbocycles. The Morgan fingerprint density at radius 1 is 1.00 bits per heavy atom. The van der Waals surface area contributed by atoms with Crippen molar-refractivity contribution in [2.45, 2.75) is 6.92 Å². The molecule has 0 heterocycles. The molecule has 0 atom stereocenters. The molecule has 0 bridgehead atoms. The van der Waals surface area contributed by atoms with Crippen LogP contribution in [-0.4, -0.2) is 31.7 Å². The number of halogens is 2. The molecular formula is C24H21Cl2N3O4. The van der Waals surface area contributed by atoms with Gasteiger partial charge in [-0.1, -0.05) is 41.4 Å². The highest BCUT2D eigenvalue weighted by Crippen LogP contribution is 2.27. The smallest absolute Gasteiger partial charge is 0.271 e. The molecule has 2 amide bonds. The maximum atomic E-state index is 12.2. The van der Waals surface area contributed by atoms with Crippen LogP contribution < -0.4 is 20.2 Å². The summed E-state index contributed by atoms with van der Waals surface area (Å²) in [5.41, 5.74) is 5.08. The highest BCUT2D eigenvalue weighted by molar-refractivity contribution is 6.42. The van der Waals surface area contributed by atoms with Crippen molar-refractivity contribution in [2.75, 3.05) is 19.0 Å². The summed E-state index contributed by atoms with van der Waals surface area (Å²) in [5, 5.41) is 7.39. The summed E-state index contributed by atoms with van der Waals surface area (Å²) in [6.07, 6.45) is 1.45. The van der Waals surface area contributed by atoms with Crippen LogP contribution in [0.5, 0.6) is 11.5 Å². The van der Waals surface area contributed by atoms with Gasteiger partial charge in [-0.2, -0.15) is 5.10 Å². The molecular weight excluding hydrogens is 465 g/mol. The summed E-state index contributed by atoms with van der Waals surface area (Å²) in [4.78, 5) is 24.4. The van der Waals surface area contributed by atoms with Gasteiger partial charge in [0.25, 0.3) is 11.8 Å². The normalized spacial score (nSPS) is 10.7. The second-order valence-corrected chi connectivity index (χ2v) is 7.70. The van der Waals surface area contributed by atoms with Gasteiger partial charge in [-0.05, 0) is 60.5 Å². The molecule has 9 heteroatoms. The average Bonchev–Trinajstić information content (AvgIpc) is 2.81. The predicted molar refractivity (Wildman–Crippen MR) is 130 cm³/mol. The Kier molecular flexibility index (Phi) is 8.29. The van der Waals surface area contributed by atoms with Crippen molar-refractivity contribution < 1.29 is 19.1 Å². The molecule has 3 aromatic carbocycles. The Balaban J connectivity index is 1.58. The van der Waals surface area contributed by atoms with Crippen molar-refractivity contribution in [3.63, 3.8) is 0 Å². The largest absolute Gasteiger partial charge is 0.493 e. The van der Waals surface area contributed by atoms with E-state index in [1.807, 2.05) is 31.2 Å². The molecule has 3 aromatic rings. The molecule has 33 heavy (non-hydrogen) atoms. The Bertz CT molecular complexity index is 1200. The molecule has 0 saturated heterocycles. The van der Waals surface area contributed by atoms with E-state index in [-0.39, 0.29) is 17.5 Å². The maximum Gasteiger partial charge on any atom is 0.271 e. The number of hydrogen-bond acceptors (Lipinski definition) is 5. The molecule has 3 rings (SSSR count). The molecule has 0 unspecified atom stereocenters. The number of ether oxygens (including phenoxy) is 2. The van der Waals surface area contributed by atoms with Gasteiger partial charge >= 0.3 is 0 Å². The molecule has 0 radical (unpaired) electrons. The standard InChI is InChI=1S/C24H21Cl2N3O4/c1-15-5-3-4-6-20(15)28-23(30)14-33-21-10-7-16(11-22(21)32-2)13-27-29-24(31)17-8-9-18(25)19(26)12-17/h3-13H,14H2,1-2H3,(H,28,30)(H,29,31)/b27-13-. The number of hydrazone groups is 1. The number of aryl methyl sites for hydroxylation is 1. The van der Waals surface area contributed by atoms with Gasteiger partial charge in [-0.25, -0.2) is 5.43 Å². The summed E-state index contributed by atoms with van der Waals surface area (Å²) < 4.78 is 10.9. The van der Waals surface area contributed by atoms with Crippen LogP contribution in [0.25, 0.3) is 0 Å². The Morgan fingerprint density at radius 2 is 1.79 bits per heavy atom. The number of carbonyl (C=O) groups is 2. The number of benzene rings is 3. The van der Waals surface area contributed by atoms with Gasteiger partial charge in [0.15, 0.2) is 18.1 Å². The Morgan fingerprint density at radius 3 is 2.52 bits per heavy atom. The van der Waals surface area contributed by atoms with Gasteiger partial charge in [0, 0.05) is 11.3 Å². The third-order valence-electron chi connectivity index (χ3n) is 4.53. The van der Waals surface area contributed by atoms with Gasteiger partial charge < -0.3 is 14.8 Å². The fourth-order valence-corrected chi connectivity index (χ4v) is 3.09. The minimum Gasteiger partial charge on any atom is -0.493 e. The number of anilines is 1. The fraction of sp³-hybridized carbons (Fsp3) is 0.125. The zero-order valence-corrected chi connectivity index (χ0v) is 19.4. The lowest BCUT2D eigenvalue weighted by Gasteiger charge is -2.12. The van der Waals surface area contributed by atoms with Crippen molar-refractivity contribution >= 4 is 46.9 Å². The number of nitrogens with zero attached hydrogens (tertiary/aromatic N) is 1. The molecule has 7 nitrogen and oxygen atoms in total. The van der Waals surface area contributed by atoms with Crippen molar-refractivity contribution in [3.8, 4) is 11.5 Å². The number of methoxy groups -OCH3 is 1. The fourth-order valence-electron chi connectivity index (χ4n) is 2.79. The molecule has 0 fully saturated rings. The third-order valence-corrected chi connectivity index (χ3v) is 5.27. The topological polar surface area (TPSA) is 89.0 Å². The van der Waals surface area contributed by atoms with Crippen molar-refractivity contribution in [3.05, 3.63) is 87.4 Å². The van der Waals surface area contributed by atoms with E-state index in [1.54, 1.807) is 24.3 Å². The quantitative estimate of drug-likeness (QED) is 0.343. The average molecular weight is 486 g/mol. The van der Waals surface area contributed by atoms with E-state index in [9.17, 15) is 9.59 Å². The maximum absolute atomic E-state index is 12.2. The van der Waals surface area contributed by atoms with E-state index in [1.165, 1.54) is 25.5 Å². The molecule has 0 aliphatic heterocycles. The molecule has 170 valence electrons. The van der Waals surface area contributed by atoms with Gasteiger partial charge in [-0.15, -0.1) is 0 Å². The third kappa shape index (κ3) is 6.71. The summed E-state index contributed by atoms with van der Waals surface area (Å²) in [6.45, 7) is 1.73. The van der Waals surface area contributed by atoms with Crippen LogP contribution in [-0.2, 0) is 4.79 Å². The number of nitrogens with one attached hydrogen (secondary N) is 2. The zero-order chi connectivity index (χ0) is 23.8.